The summed E-state index contributed by atoms with van der Waals surface area (Å²) in [4.78, 5) is 0. The molecule has 0 aliphatic heterocycles. The molecule has 8 heteroatoms. The van der Waals surface area contributed by atoms with Gasteiger partial charge in [0.05, 0.1) is 0 Å². The van der Waals surface area contributed by atoms with Crippen LogP contribution in [0.15, 0.2) is 24.3 Å². The van der Waals surface area contributed by atoms with E-state index in [2.05, 4.69) is 4.18 Å². The molecule has 0 bridgehead atoms. The fraction of sp³-hybridized carbons (Fsp3) is 0.455. The Morgan fingerprint density at radius 2 is 1.68 bits per heavy atom. The minimum atomic E-state index is -5.58. The third kappa shape index (κ3) is 5.60. The standard InChI is InChI=1S/C11H13F3O3S.Sn.2H/c1-2-3-4-9-5-7-10(8-6-9)17-18(15,16)11(12,13)14;;;/h5-8H,2-4H2,1H3;;;. The number of halogens is 3. The van der Waals surface area contributed by atoms with Crippen molar-refractivity contribution < 1.29 is 25.8 Å². The monoisotopic (exact) mass is 404 g/mol. The van der Waals surface area contributed by atoms with Crippen molar-refractivity contribution in [3.63, 3.8) is 0 Å². The van der Waals surface area contributed by atoms with Crippen LogP contribution >= 0.6 is 0 Å². The summed E-state index contributed by atoms with van der Waals surface area (Å²) >= 11 is 0. The molecule has 108 valence electrons. The normalized spacial score (nSPS) is 11.8. The molecule has 2 radical (unpaired) electrons. The Morgan fingerprint density at radius 3 is 2.11 bits per heavy atom. The first kappa shape index (κ1) is 18.6. The van der Waals surface area contributed by atoms with Crippen molar-refractivity contribution in [2.24, 2.45) is 0 Å². The van der Waals surface area contributed by atoms with Crippen LogP contribution in [-0.4, -0.2) is 37.8 Å². The van der Waals surface area contributed by atoms with Gasteiger partial charge in [0, 0.05) is 0 Å². The molecule has 19 heavy (non-hydrogen) atoms. The zero-order valence-corrected chi connectivity index (χ0v) is 15.3. The zero-order valence-electron chi connectivity index (χ0n) is 10.4. The van der Waals surface area contributed by atoms with Gasteiger partial charge in [0.1, 0.15) is 5.75 Å². The van der Waals surface area contributed by atoms with Gasteiger partial charge in [-0.25, -0.2) is 0 Å². The molecule has 0 saturated carbocycles. The van der Waals surface area contributed by atoms with Crippen molar-refractivity contribution in [1.82, 2.24) is 0 Å². The van der Waals surface area contributed by atoms with Crippen LogP contribution in [-0.2, 0) is 16.5 Å². The summed E-state index contributed by atoms with van der Waals surface area (Å²) in [5.74, 6) is -0.340. The van der Waals surface area contributed by atoms with Crippen molar-refractivity contribution in [2.75, 3.05) is 0 Å². The van der Waals surface area contributed by atoms with Gasteiger partial charge in [0.15, 0.2) is 0 Å². The summed E-state index contributed by atoms with van der Waals surface area (Å²) in [5.41, 5.74) is -4.48. The van der Waals surface area contributed by atoms with Crippen LogP contribution in [0.2, 0.25) is 0 Å². The summed E-state index contributed by atoms with van der Waals surface area (Å²) in [6.45, 7) is 2.02. The van der Waals surface area contributed by atoms with E-state index < -0.39 is 15.6 Å². The van der Waals surface area contributed by atoms with Gasteiger partial charge in [-0.3, -0.25) is 0 Å². The summed E-state index contributed by atoms with van der Waals surface area (Å²) < 4.78 is 61.6. The SMILES string of the molecule is CCCCc1ccc(OS(=O)(=O)C(F)(F)F)cc1.[SnH2]. The number of benzene rings is 1. The van der Waals surface area contributed by atoms with Gasteiger partial charge in [-0.2, -0.15) is 21.6 Å². The van der Waals surface area contributed by atoms with Gasteiger partial charge in [-0.15, -0.1) is 0 Å². The second-order valence-corrected chi connectivity index (χ2v) is 5.27. The molecule has 0 aliphatic carbocycles. The molecular formula is C11H15F3O3SSn. The second-order valence-electron chi connectivity index (χ2n) is 3.73. The predicted octanol–water partition coefficient (Wildman–Crippen LogP) is 2.34. The predicted molar refractivity (Wildman–Crippen MR) is 69.2 cm³/mol. The summed E-state index contributed by atoms with van der Waals surface area (Å²) in [6, 6.07) is 5.54. The number of hydrogen-bond acceptors (Lipinski definition) is 3. The fourth-order valence-electron chi connectivity index (χ4n) is 1.27. The van der Waals surface area contributed by atoms with Crippen molar-refractivity contribution >= 4 is 34.0 Å². The van der Waals surface area contributed by atoms with Crippen molar-refractivity contribution in [3.8, 4) is 5.75 Å². The van der Waals surface area contributed by atoms with Crippen LogP contribution in [0.4, 0.5) is 13.2 Å². The van der Waals surface area contributed by atoms with Crippen LogP contribution in [0.1, 0.15) is 25.3 Å². The van der Waals surface area contributed by atoms with Crippen LogP contribution in [0.3, 0.4) is 0 Å². The van der Waals surface area contributed by atoms with Crippen LogP contribution in [0, 0.1) is 0 Å². The zero-order chi connectivity index (χ0) is 13.8. The van der Waals surface area contributed by atoms with Gasteiger partial charge in [0.25, 0.3) is 0 Å². The van der Waals surface area contributed by atoms with Gasteiger partial charge in [-0.1, -0.05) is 25.5 Å². The molecule has 0 unspecified atom stereocenters. The number of unbranched alkanes of at least 4 members (excludes halogenated alkanes) is 1. The van der Waals surface area contributed by atoms with E-state index in [9.17, 15) is 21.6 Å². The molecule has 0 amide bonds. The minimum absolute atomic E-state index is 0. The molecule has 1 rings (SSSR count). The van der Waals surface area contributed by atoms with E-state index in [0.717, 1.165) is 24.8 Å². The Hall–Kier alpha value is -0.441. The van der Waals surface area contributed by atoms with Gasteiger partial charge in [0.2, 0.25) is 0 Å². The van der Waals surface area contributed by atoms with E-state index in [1.54, 1.807) is 12.1 Å². The Bertz CT molecular complexity index is 483. The molecular weight excluding hydrogens is 388 g/mol. The van der Waals surface area contributed by atoms with Gasteiger partial charge < -0.3 is 4.18 Å². The van der Waals surface area contributed by atoms with E-state index in [1.165, 1.54) is 12.1 Å². The number of rotatable bonds is 5. The molecule has 0 fully saturated rings. The van der Waals surface area contributed by atoms with Gasteiger partial charge in [-0.05, 0) is 30.5 Å². The average Bonchev–Trinajstić information content (AvgIpc) is 2.26. The molecule has 0 atom stereocenters. The van der Waals surface area contributed by atoms with Crippen LogP contribution < -0.4 is 4.18 Å². The van der Waals surface area contributed by atoms with Crippen molar-refractivity contribution in [1.29, 1.82) is 0 Å². The second kappa shape index (κ2) is 7.37. The molecule has 0 aromatic heterocycles. The number of alkyl halides is 3. The molecule has 0 heterocycles. The maximum atomic E-state index is 12.1. The molecule has 0 aliphatic rings. The first-order chi connectivity index (χ1) is 8.26. The fourth-order valence-corrected chi connectivity index (χ4v) is 1.73. The number of aryl methyl sites for hydroxylation is 1. The van der Waals surface area contributed by atoms with E-state index in [-0.39, 0.29) is 29.7 Å². The first-order valence-electron chi connectivity index (χ1n) is 5.36. The van der Waals surface area contributed by atoms with E-state index in [1.807, 2.05) is 6.92 Å². The maximum absolute atomic E-state index is 12.1. The molecule has 0 spiro atoms. The van der Waals surface area contributed by atoms with E-state index in [4.69, 9.17) is 0 Å². The van der Waals surface area contributed by atoms with Crippen molar-refractivity contribution in [3.05, 3.63) is 29.8 Å². The Morgan fingerprint density at radius 1 is 1.16 bits per heavy atom. The molecule has 1 aromatic carbocycles. The number of hydrogen-bond donors (Lipinski definition) is 0. The van der Waals surface area contributed by atoms with E-state index in [0.29, 0.717) is 0 Å². The third-order valence-electron chi connectivity index (χ3n) is 2.23. The Labute approximate surface area is 127 Å². The summed E-state index contributed by atoms with van der Waals surface area (Å²) in [6.07, 6.45) is 2.75. The van der Waals surface area contributed by atoms with Crippen LogP contribution in [0.25, 0.3) is 0 Å². The quantitative estimate of drug-likeness (QED) is 0.431. The summed E-state index contributed by atoms with van der Waals surface area (Å²) in [7, 11) is -5.58. The first-order valence-corrected chi connectivity index (χ1v) is 6.77. The topological polar surface area (TPSA) is 43.4 Å². The Kier molecular flexibility index (Phi) is 7.20. The Balaban J connectivity index is 0.00000324. The average molecular weight is 403 g/mol. The molecule has 0 saturated heterocycles. The molecule has 0 N–H and O–H groups in total. The van der Waals surface area contributed by atoms with Crippen LogP contribution in [0.5, 0.6) is 5.75 Å². The third-order valence-corrected chi connectivity index (χ3v) is 3.21. The van der Waals surface area contributed by atoms with Crippen molar-refractivity contribution in [2.45, 2.75) is 31.7 Å². The van der Waals surface area contributed by atoms with Gasteiger partial charge >= 0.3 is 39.5 Å². The summed E-state index contributed by atoms with van der Waals surface area (Å²) in [5, 5.41) is 0. The van der Waals surface area contributed by atoms with E-state index >= 15 is 0 Å². The molecule has 3 nitrogen and oxygen atoms in total. The molecule has 1 aromatic rings.